The van der Waals surface area contributed by atoms with Gasteiger partial charge in [-0.05, 0) is 68.3 Å². The molecule has 0 atom stereocenters. The summed E-state index contributed by atoms with van der Waals surface area (Å²) in [5, 5.41) is 2.78. The maximum Gasteiger partial charge on any atom is 0.307 e. The molecule has 0 radical (unpaired) electrons. The molecule has 170 valence electrons. The Hall–Kier alpha value is -3.43. The van der Waals surface area contributed by atoms with Gasteiger partial charge in [0.25, 0.3) is 15.9 Å². The molecule has 0 bridgehead atoms. The Kier molecular flexibility index (Phi) is 5.85. The second kappa shape index (κ2) is 8.49. The normalized spacial score (nSPS) is 11.5. The van der Waals surface area contributed by atoms with Gasteiger partial charge >= 0.3 is 4.87 Å². The average molecular weight is 482 g/mol. The van der Waals surface area contributed by atoms with E-state index in [0.717, 1.165) is 32.7 Å². The molecule has 1 aromatic heterocycles. The molecule has 0 spiro atoms. The quantitative estimate of drug-likeness (QED) is 0.436. The van der Waals surface area contributed by atoms with E-state index in [1.54, 1.807) is 54.9 Å². The Morgan fingerprint density at radius 3 is 2.42 bits per heavy atom. The number of rotatable bonds is 5. The number of carbonyl (C=O) groups excluding carboxylic acids is 1. The summed E-state index contributed by atoms with van der Waals surface area (Å²) < 4.78 is 31.1. The topological polar surface area (TPSA) is 97.3 Å². The van der Waals surface area contributed by atoms with Gasteiger partial charge in [0.05, 0.1) is 20.8 Å². The van der Waals surface area contributed by atoms with E-state index >= 15 is 0 Å². The Bertz CT molecular complexity index is 1570. The number of benzene rings is 3. The number of fused-ring (bicyclic) bond motifs is 1. The lowest BCUT2D eigenvalue weighted by atomic mass is 10.1. The van der Waals surface area contributed by atoms with Crippen molar-refractivity contribution in [2.75, 3.05) is 10.0 Å². The highest BCUT2D eigenvalue weighted by atomic mass is 32.2. The molecule has 4 aromatic rings. The van der Waals surface area contributed by atoms with Crippen LogP contribution in [0.25, 0.3) is 10.2 Å². The minimum absolute atomic E-state index is 0.0341. The molecule has 7 nitrogen and oxygen atoms in total. The van der Waals surface area contributed by atoms with Gasteiger partial charge in [0.2, 0.25) is 0 Å². The van der Waals surface area contributed by atoms with Gasteiger partial charge in [-0.2, -0.15) is 0 Å². The van der Waals surface area contributed by atoms with Crippen LogP contribution < -0.4 is 14.9 Å². The molecule has 1 amide bonds. The number of hydrogen-bond donors (Lipinski definition) is 2. The molecule has 0 aliphatic heterocycles. The molecular weight excluding hydrogens is 458 g/mol. The number of hydrogen-bond acceptors (Lipinski definition) is 5. The third-order valence-corrected chi connectivity index (χ3v) is 7.92. The summed E-state index contributed by atoms with van der Waals surface area (Å²) in [5.74, 6) is -0.444. The first-order valence-corrected chi connectivity index (χ1v) is 12.5. The number of nitrogens with zero attached hydrogens (tertiary/aromatic N) is 1. The van der Waals surface area contributed by atoms with E-state index in [1.165, 1.54) is 6.07 Å². The number of aryl methyl sites for hydroxylation is 4. The highest BCUT2D eigenvalue weighted by molar-refractivity contribution is 7.92. The molecule has 0 aliphatic carbocycles. The molecule has 0 saturated heterocycles. The minimum Gasteiger partial charge on any atom is -0.322 e. The van der Waals surface area contributed by atoms with Gasteiger partial charge < -0.3 is 9.88 Å². The second-order valence-corrected chi connectivity index (χ2v) is 10.6. The monoisotopic (exact) mass is 481 g/mol. The lowest BCUT2D eigenvalue weighted by Crippen LogP contribution is -2.17. The van der Waals surface area contributed by atoms with Crippen molar-refractivity contribution in [1.82, 2.24) is 4.57 Å². The average Bonchev–Trinajstić information content (AvgIpc) is 3.03. The SMILES string of the molecule is Cc1ccc(NS(=O)(=O)c2cc(C(=O)Nc3ccc4c(c3)sc(=O)n4C)ccc2C)c(C)c1. The van der Waals surface area contributed by atoms with Crippen LogP contribution in [0.5, 0.6) is 0 Å². The zero-order valence-corrected chi connectivity index (χ0v) is 20.2. The third-order valence-electron chi connectivity index (χ3n) is 5.42. The van der Waals surface area contributed by atoms with Crippen LogP contribution in [0.1, 0.15) is 27.0 Å². The number of anilines is 2. The van der Waals surface area contributed by atoms with Crippen molar-refractivity contribution in [2.45, 2.75) is 25.7 Å². The van der Waals surface area contributed by atoms with Gasteiger partial charge in [-0.3, -0.25) is 14.3 Å². The van der Waals surface area contributed by atoms with Gasteiger partial charge in [-0.1, -0.05) is 35.1 Å². The molecule has 0 fully saturated rings. The van der Waals surface area contributed by atoms with E-state index in [2.05, 4.69) is 10.0 Å². The van der Waals surface area contributed by atoms with Crippen LogP contribution in [-0.2, 0) is 17.1 Å². The summed E-state index contributed by atoms with van der Waals surface area (Å²) in [6, 6.07) is 15.2. The summed E-state index contributed by atoms with van der Waals surface area (Å²) >= 11 is 1.09. The van der Waals surface area contributed by atoms with Crippen molar-refractivity contribution in [1.29, 1.82) is 0 Å². The molecule has 3 aromatic carbocycles. The summed E-state index contributed by atoms with van der Waals surface area (Å²) in [4.78, 5) is 24.7. The number of sulfonamides is 1. The molecule has 2 N–H and O–H groups in total. The highest BCUT2D eigenvalue weighted by Crippen LogP contribution is 2.25. The third kappa shape index (κ3) is 4.55. The van der Waals surface area contributed by atoms with E-state index in [0.29, 0.717) is 16.9 Å². The Balaban J connectivity index is 1.62. The summed E-state index contributed by atoms with van der Waals surface area (Å²) in [5.41, 5.74) is 4.37. The van der Waals surface area contributed by atoms with Crippen LogP contribution in [0, 0.1) is 20.8 Å². The van der Waals surface area contributed by atoms with Crippen molar-refractivity contribution in [3.63, 3.8) is 0 Å². The summed E-state index contributed by atoms with van der Waals surface area (Å²) in [6.45, 7) is 5.46. The first kappa shape index (κ1) is 22.8. The Morgan fingerprint density at radius 2 is 1.70 bits per heavy atom. The van der Waals surface area contributed by atoms with Crippen LogP contribution >= 0.6 is 11.3 Å². The van der Waals surface area contributed by atoms with Crippen LogP contribution in [0.2, 0.25) is 0 Å². The van der Waals surface area contributed by atoms with E-state index in [9.17, 15) is 18.0 Å². The number of thiazole rings is 1. The zero-order chi connectivity index (χ0) is 23.9. The lowest BCUT2D eigenvalue weighted by molar-refractivity contribution is 0.102. The fraction of sp³-hybridized carbons (Fsp3) is 0.167. The van der Waals surface area contributed by atoms with Crippen molar-refractivity contribution < 1.29 is 13.2 Å². The smallest absolute Gasteiger partial charge is 0.307 e. The van der Waals surface area contributed by atoms with E-state index in [-0.39, 0.29) is 15.3 Å². The van der Waals surface area contributed by atoms with Crippen LogP contribution in [0.3, 0.4) is 0 Å². The first-order chi connectivity index (χ1) is 15.5. The number of carbonyl (C=O) groups is 1. The van der Waals surface area contributed by atoms with Gasteiger partial charge in [0, 0.05) is 18.3 Å². The largest absolute Gasteiger partial charge is 0.322 e. The molecule has 0 aliphatic rings. The van der Waals surface area contributed by atoms with E-state index < -0.39 is 15.9 Å². The van der Waals surface area contributed by atoms with Gasteiger partial charge in [-0.15, -0.1) is 0 Å². The second-order valence-electron chi connectivity index (χ2n) is 7.97. The predicted octanol–water partition coefficient (Wildman–Crippen LogP) is 4.58. The Labute approximate surface area is 195 Å². The molecule has 0 unspecified atom stereocenters. The van der Waals surface area contributed by atoms with Crippen LogP contribution in [-0.4, -0.2) is 18.9 Å². The summed E-state index contributed by atoms with van der Waals surface area (Å²) in [7, 11) is -2.21. The van der Waals surface area contributed by atoms with Crippen LogP contribution in [0.15, 0.2) is 64.3 Å². The van der Waals surface area contributed by atoms with Crippen molar-refractivity contribution in [3.8, 4) is 0 Å². The lowest BCUT2D eigenvalue weighted by Gasteiger charge is -2.14. The van der Waals surface area contributed by atoms with E-state index in [4.69, 9.17) is 0 Å². The fourth-order valence-corrected chi connectivity index (χ4v) is 5.89. The molecule has 4 rings (SSSR count). The van der Waals surface area contributed by atoms with Gasteiger partial charge in [-0.25, -0.2) is 8.42 Å². The maximum absolute atomic E-state index is 13.1. The number of amides is 1. The standard InChI is InChI=1S/C24H23N3O4S2/c1-14-5-9-19(16(3)11-14)26-33(30,31)22-12-17(7-6-15(22)2)23(28)25-18-8-10-20-21(13-18)32-24(29)27(20)4/h5-13,26H,1-4H3,(H,25,28). The molecule has 0 saturated carbocycles. The van der Waals surface area contributed by atoms with Crippen LogP contribution in [0.4, 0.5) is 11.4 Å². The zero-order valence-electron chi connectivity index (χ0n) is 18.6. The predicted molar refractivity (Wildman–Crippen MR) is 133 cm³/mol. The minimum atomic E-state index is -3.90. The highest BCUT2D eigenvalue weighted by Gasteiger charge is 2.20. The molecular formula is C24H23N3O4S2. The molecule has 1 heterocycles. The van der Waals surface area contributed by atoms with Gasteiger partial charge in [0.1, 0.15) is 0 Å². The van der Waals surface area contributed by atoms with Crippen molar-refractivity contribution in [2.24, 2.45) is 7.05 Å². The van der Waals surface area contributed by atoms with Gasteiger partial charge in [0.15, 0.2) is 0 Å². The first-order valence-electron chi connectivity index (χ1n) is 10.2. The summed E-state index contributed by atoms with van der Waals surface area (Å²) in [6.07, 6.45) is 0. The van der Waals surface area contributed by atoms with Crippen molar-refractivity contribution >= 4 is 48.9 Å². The Morgan fingerprint density at radius 1 is 0.939 bits per heavy atom. The molecule has 9 heteroatoms. The number of aromatic nitrogens is 1. The maximum atomic E-state index is 13.1. The van der Waals surface area contributed by atoms with Crippen molar-refractivity contribution in [3.05, 3.63) is 86.5 Å². The molecule has 33 heavy (non-hydrogen) atoms. The number of nitrogens with one attached hydrogen (secondary N) is 2. The fourth-order valence-electron chi connectivity index (χ4n) is 3.57. The van der Waals surface area contributed by atoms with E-state index in [1.807, 2.05) is 26.0 Å².